The standard InChI is InChI=1S/C12H20O6/c1-8(13)15-6-10-5-11(7-16-9(2)14)18-12(3,4)17-10/h10-11H,5-7H2,1-4H3/t10-,11+. The highest BCUT2D eigenvalue weighted by atomic mass is 16.7. The van der Waals surface area contributed by atoms with Crippen LogP contribution in [-0.4, -0.2) is 43.1 Å². The molecule has 0 aromatic heterocycles. The van der Waals surface area contributed by atoms with E-state index in [2.05, 4.69) is 0 Å². The Kier molecular flexibility index (Phi) is 5.10. The molecule has 104 valence electrons. The van der Waals surface area contributed by atoms with Crippen molar-refractivity contribution in [2.45, 2.75) is 52.1 Å². The number of ether oxygens (including phenoxy) is 4. The summed E-state index contributed by atoms with van der Waals surface area (Å²) in [6.07, 6.45) is 0.0145. The van der Waals surface area contributed by atoms with Gasteiger partial charge in [-0.15, -0.1) is 0 Å². The molecule has 1 fully saturated rings. The predicted molar refractivity (Wildman–Crippen MR) is 61.7 cm³/mol. The molecule has 0 radical (unpaired) electrons. The van der Waals surface area contributed by atoms with Crippen molar-refractivity contribution in [3.8, 4) is 0 Å². The first-order valence-electron chi connectivity index (χ1n) is 5.91. The zero-order valence-electron chi connectivity index (χ0n) is 11.2. The molecule has 1 aliphatic rings. The molecule has 1 heterocycles. The van der Waals surface area contributed by atoms with E-state index in [1.54, 1.807) is 13.8 Å². The van der Waals surface area contributed by atoms with Crippen molar-refractivity contribution in [1.82, 2.24) is 0 Å². The lowest BCUT2D eigenvalue weighted by atomic mass is 10.1. The van der Waals surface area contributed by atoms with E-state index in [4.69, 9.17) is 18.9 Å². The summed E-state index contributed by atoms with van der Waals surface area (Å²) in [6, 6.07) is 0. The smallest absolute Gasteiger partial charge is 0.302 e. The average molecular weight is 260 g/mol. The van der Waals surface area contributed by atoms with E-state index >= 15 is 0 Å². The van der Waals surface area contributed by atoms with E-state index in [0.29, 0.717) is 6.42 Å². The van der Waals surface area contributed by atoms with Crippen molar-refractivity contribution in [3.05, 3.63) is 0 Å². The van der Waals surface area contributed by atoms with Gasteiger partial charge in [0.25, 0.3) is 0 Å². The SMILES string of the molecule is CC(=O)OC[C@@H]1C[C@H](COC(C)=O)OC(C)(C)O1. The molecule has 6 heteroatoms. The first-order chi connectivity index (χ1) is 8.28. The lowest BCUT2D eigenvalue weighted by Gasteiger charge is -2.40. The van der Waals surface area contributed by atoms with Gasteiger partial charge in [0.2, 0.25) is 0 Å². The molecule has 0 spiro atoms. The Morgan fingerprint density at radius 2 is 1.44 bits per heavy atom. The van der Waals surface area contributed by atoms with Crippen molar-refractivity contribution in [1.29, 1.82) is 0 Å². The topological polar surface area (TPSA) is 71.1 Å². The maximum Gasteiger partial charge on any atom is 0.302 e. The number of carbonyl (C=O) groups excluding carboxylic acids is 2. The summed E-state index contributed by atoms with van der Waals surface area (Å²) in [5.41, 5.74) is 0. The molecule has 18 heavy (non-hydrogen) atoms. The molecule has 0 saturated carbocycles. The monoisotopic (exact) mass is 260 g/mol. The quantitative estimate of drug-likeness (QED) is 0.703. The van der Waals surface area contributed by atoms with Crippen molar-refractivity contribution >= 4 is 11.9 Å². The molecule has 1 rings (SSSR count). The normalized spacial score (nSPS) is 26.4. The van der Waals surface area contributed by atoms with Gasteiger partial charge in [-0.1, -0.05) is 0 Å². The van der Waals surface area contributed by atoms with Gasteiger partial charge >= 0.3 is 11.9 Å². The molecular formula is C12H20O6. The van der Waals surface area contributed by atoms with Crippen molar-refractivity contribution in [2.24, 2.45) is 0 Å². The molecule has 0 aliphatic carbocycles. The first-order valence-corrected chi connectivity index (χ1v) is 5.91. The number of esters is 2. The minimum Gasteiger partial charge on any atom is -0.463 e. The molecule has 1 saturated heterocycles. The summed E-state index contributed by atoms with van der Waals surface area (Å²) >= 11 is 0. The maximum absolute atomic E-state index is 10.8. The Bertz CT molecular complexity index is 284. The number of carbonyl (C=O) groups is 2. The highest BCUT2D eigenvalue weighted by Gasteiger charge is 2.36. The summed E-state index contributed by atoms with van der Waals surface area (Å²) < 4.78 is 21.1. The molecule has 1 aliphatic heterocycles. The Labute approximate surface area is 107 Å². The summed E-state index contributed by atoms with van der Waals surface area (Å²) in [6.45, 7) is 6.60. The van der Waals surface area contributed by atoms with E-state index in [-0.39, 0.29) is 37.4 Å². The lowest BCUT2D eigenvalue weighted by Crippen LogP contribution is -2.48. The number of hydrogen-bond donors (Lipinski definition) is 0. The molecule has 0 unspecified atom stereocenters. The highest BCUT2D eigenvalue weighted by molar-refractivity contribution is 5.66. The third-order valence-corrected chi connectivity index (χ3v) is 2.37. The second kappa shape index (κ2) is 6.15. The fourth-order valence-electron chi connectivity index (χ4n) is 1.84. The third-order valence-electron chi connectivity index (χ3n) is 2.37. The van der Waals surface area contributed by atoms with Gasteiger partial charge in [-0.2, -0.15) is 0 Å². The number of hydrogen-bond acceptors (Lipinski definition) is 6. The van der Waals surface area contributed by atoms with Crippen LogP contribution in [0.5, 0.6) is 0 Å². The summed E-state index contributed by atoms with van der Waals surface area (Å²) in [5.74, 6) is -1.48. The molecule has 0 bridgehead atoms. The molecule has 0 amide bonds. The zero-order chi connectivity index (χ0) is 13.8. The molecule has 0 N–H and O–H groups in total. The van der Waals surface area contributed by atoms with Crippen molar-refractivity contribution < 1.29 is 28.5 Å². The van der Waals surface area contributed by atoms with Crippen LogP contribution in [0.1, 0.15) is 34.1 Å². The summed E-state index contributed by atoms with van der Waals surface area (Å²) in [4.78, 5) is 21.5. The Morgan fingerprint density at radius 1 is 1.06 bits per heavy atom. The zero-order valence-corrected chi connectivity index (χ0v) is 11.2. The molecule has 0 aromatic rings. The van der Waals surface area contributed by atoms with Crippen LogP contribution in [0.3, 0.4) is 0 Å². The minimum absolute atomic E-state index is 0.179. The van der Waals surface area contributed by atoms with Gasteiger partial charge in [0.05, 0.1) is 12.2 Å². The van der Waals surface area contributed by atoms with Gasteiger partial charge in [-0.05, 0) is 13.8 Å². The molecule has 0 aromatic carbocycles. The van der Waals surface area contributed by atoms with Crippen LogP contribution in [0.15, 0.2) is 0 Å². The fourth-order valence-corrected chi connectivity index (χ4v) is 1.84. The van der Waals surface area contributed by atoms with E-state index in [1.807, 2.05) is 0 Å². The van der Waals surface area contributed by atoms with E-state index in [0.717, 1.165) is 0 Å². The van der Waals surface area contributed by atoms with Gasteiger partial charge < -0.3 is 18.9 Å². The number of rotatable bonds is 4. The molecule has 6 nitrogen and oxygen atoms in total. The van der Waals surface area contributed by atoms with E-state index in [9.17, 15) is 9.59 Å². The van der Waals surface area contributed by atoms with Gasteiger partial charge in [0.1, 0.15) is 13.2 Å². The largest absolute Gasteiger partial charge is 0.463 e. The first kappa shape index (κ1) is 14.9. The van der Waals surface area contributed by atoms with Gasteiger partial charge in [0, 0.05) is 20.3 Å². The van der Waals surface area contributed by atoms with Crippen molar-refractivity contribution in [3.63, 3.8) is 0 Å². The van der Waals surface area contributed by atoms with Crippen LogP contribution in [0, 0.1) is 0 Å². The Morgan fingerprint density at radius 3 is 1.78 bits per heavy atom. The van der Waals surface area contributed by atoms with Crippen LogP contribution >= 0.6 is 0 Å². The average Bonchev–Trinajstić information content (AvgIpc) is 2.21. The van der Waals surface area contributed by atoms with Crippen LogP contribution in [0.4, 0.5) is 0 Å². The summed E-state index contributed by atoms with van der Waals surface area (Å²) in [7, 11) is 0. The van der Waals surface area contributed by atoms with E-state index in [1.165, 1.54) is 13.8 Å². The van der Waals surface area contributed by atoms with Crippen LogP contribution in [0.2, 0.25) is 0 Å². The third kappa shape index (κ3) is 5.46. The van der Waals surface area contributed by atoms with Crippen LogP contribution < -0.4 is 0 Å². The summed E-state index contributed by atoms with van der Waals surface area (Å²) in [5, 5.41) is 0. The lowest BCUT2D eigenvalue weighted by molar-refractivity contribution is -0.308. The van der Waals surface area contributed by atoms with Crippen LogP contribution in [-0.2, 0) is 28.5 Å². The fraction of sp³-hybridized carbons (Fsp3) is 0.833. The Balaban J connectivity index is 2.49. The van der Waals surface area contributed by atoms with Crippen LogP contribution in [0.25, 0.3) is 0 Å². The van der Waals surface area contributed by atoms with Crippen molar-refractivity contribution in [2.75, 3.05) is 13.2 Å². The second-order valence-corrected chi connectivity index (χ2v) is 4.72. The van der Waals surface area contributed by atoms with E-state index < -0.39 is 5.79 Å². The predicted octanol–water partition coefficient (Wildman–Crippen LogP) is 1.02. The van der Waals surface area contributed by atoms with Gasteiger partial charge in [-0.3, -0.25) is 9.59 Å². The highest BCUT2D eigenvalue weighted by Crippen LogP contribution is 2.27. The van der Waals surface area contributed by atoms with Gasteiger partial charge in [-0.25, -0.2) is 0 Å². The second-order valence-electron chi connectivity index (χ2n) is 4.72. The molecule has 2 atom stereocenters. The minimum atomic E-state index is -0.784. The Hall–Kier alpha value is -1.14. The van der Waals surface area contributed by atoms with Gasteiger partial charge in [0.15, 0.2) is 5.79 Å². The molecular weight excluding hydrogens is 240 g/mol. The maximum atomic E-state index is 10.8.